The third-order valence-electron chi connectivity index (χ3n) is 2.04. The number of rotatable bonds is 5. The van der Waals surface area contributed by atoms with Gasteiger partial charge in [0.05, 0.1) is 18.8 Å². The van der Waals surface area contributed by atoms with Gasteiger partial charge in [0.1, 0.15) is 0 Å². The topological polar surface area (TPSA) is 52.6 Å². The lowest BCUT2D eigenvalue weighted by atomic mass is 10.2. The summed E-state index contributed by atoms with van der Waals surface area (Å²) in [4.78, 5) is 21.4. The molecule has 106 valence electrons. The van der Waals surface area contributed by atoms with Gasteiger partial charge in [0, 0.05) is 6.42 Å². The van der Waals surface area contributed by atoms with Gasteiger partial charge < -0.3 is 9.47 Å². The molecule has 0 N–H and O–H groups in total. The van der Waals surface area contributed by atoms with Crippen LogP contribution in [0.1, 0.15) is 44.0 Å². The molecule has 0 saturated carbocycles. The minimum Gasteiger partial charge on any atom is -0.466 e. The van der Waals surface area contributed by atoms with Gasteiger partial charge in [-0.05, 0) is 32.4 Å². The maximum absolute atomic E-state index is 11.0. The first-order chi connectivity index (χ1) is 9.15. The third kappa shape index (κ3) is 8.83. The molecular formula is C15H22O4. The molecule has 0 unspecified atom stereocenters. The highest BCUT2D eigenvalue weighted by molar-refractivity contribution is 5.89. The van der Waals surface area contributed by atoms with Crippen LogP contribution in [-0.4, -0.2) is 25.2 Å². The monoisotopic (exact) mass is 266 g/mol. The van der Waals surface area contributed by atoms with Gasteiger partial charge in [-0.25, -0.2) is 4.79 Å². The third-order valence-corrected chi connectivity index (χ3v) is 2.04. The first-order valence-corrected chi connectivity index (χ1v) is 6.53. The zero-order chi connectivity index (χ0) is 14.5. The Hall–Kier alpha value is -1.84. The highest BCUT2D eigenvalue weighted by atomic mass is 16.5. The molecular weight excluding hydrogens is 244 g/mol. The zero-order valence-electron chi connectivity index (χ0n) is 11.8. The summed E-state index contributed by atoms with van der Waals surface area (Å²) in [6.07, 6.45) is 1.42. The van der Waals surface area contributed by atoms with Crippen LogP contribution in [0.5, 0.6) is 0 Å². The molecule has 0 aromatic heterocycles. The molecule has 0 atom stereocenters. The summed E-state index contributed by atoms with van der Waals surface area (Å²) in [5, 5.41) is 0. The van der Waals surface area contributed by atoms with Gasteiger partial charge in [-0.3, -0.25) is 4.79 Å². The molecule has 4 nitrogen and oxygen atoms in total. The number of esters is 2. The Morgan fingerprint density at radius 1 is 0.947 bits per heavy atom. The lowest BCUT2D eigenvalue weighted by Gasteiger charge is -1.99. The lowest BCUT2D eigenvalue weighted by molar-refractivity contribution is -0.143. The highest BCUT2D eigenvalue weighted by Gasteiger charge is 2.02. The summed E-state index contributed by atoms with van der Waals surface area (Å²) in [6.45, 7) is 6.48. The summed E-state index contributed by atoms with van der Waals surface area (Å²) < 4.78 is 9.43. The van der Waals surface area contributed by atoms with Crippen molar-refractivity contribution < 1.29 is 19.1 Å². The van der Waals surface area contributed by atoms with E-state index in [0.717, 1.165) is 6.42 Å². The average Bonchev–Trinajstić information content (AvgIpc) is 2.41. The van der Waals surface area contributed by atoms with Gasteiger partial charge in [0.25, 0.3) is 0 Å². The fourth-order valence-electron chi connectivity index (χ4n) is 1.23. The SMILES string of the molecule is CCCC(=O)OCC.CCOC(=O)c1ccccc1. The maximum atomic E-state index is 11.0. The highest BCUT2D eigenvalue weighted by Crippen LogP contribution is 1.99. The van der Waals surface area contributed by atoms with Crippen LogP contribution in [0.25, 0.3) is 0 Å². The van der Waals surface area contributed by atoms with Crippen molar-refractivity contribution in [3.05, 3.63) is 35.9 Å². The van der Waals surface area contributed by atoms with Gasteiger partial charge in [0.15, 0.2) is 0 Å². The lowest BCUT2D eigenvalue weighted by Crippen LogP contribution is -2.03. The van der Waals surface area contributed by atoms with Crippen molar-refractivity contribution in [2.75, 3.05) is 13.2 Å². The number of carbonyl (C=O) groups excluding carboxylic acids is 2. The Kier molecular flexibility index (Phi) is 10.2. The van der Waals surface area contributed by atoms with E-state index >= 15 is 0 Å². The van der Waals surface area contributed by atoms with Crippen molar-refractivity contribution in [3.8, 4) is 0 Å². The van der Waals surface area contributed by atoms with E-state index in [1.807, 2.05) is 32.0 Å². The largest absolute Gasteiger partial charge is 0.466 e. The molecule has 0 aliphatic heterocycles. The van der Waals surface area contributed by atoms with Crippen molar-refractivity contribution in [2.24, 2.45) is 0 Å². The van der Waals surface area contributed by atoms with Crippen molar-refractivity contribution in [1.82, 2.24) is 0 Å². The van der Waals surface area contributed by atoms with Crippen LogP contribution in [0, 0.1) is 0 Å². The van der Waals surface area contributed by atoms with E-state index in [1.165, 1.54) is 0 Å². The van der Waals surface area contributed by atoms with Crippen LogP contribution in [-0.2, 0) is 14.3 Å². The zero-order valence-corrected chi connectivity index (χ0v) is 11.8. The Morgan fingerprint density at radius 3 is 2.00 bits per heavy atom. The molecule has 0 aliphatic carbocycles. The number of ether oxygens (including phenoxy) is 2. The molecule has 0 saturated heterocycles. The first-order valence-electron chi connectivity index (χ1n) is 6.53. The van der Waals surface area contributed by atoms with Gasteiger partial charge in [-0.2, -0.15) is 0 Å². The van der Waals surface area contributed by atoms with Crippen LogP contribution in [0.4, 0.5) is 0 Å². The van der Waals surface area contributed by atoms with E-state index in [4.69, 9.17) is 4.74 Å². The van der Waals surface area contributed by atoms with E-state index in [0.29, 0.717) is 25.2 Å². The van der Waals surface area contributed by atoms with Gasteiger partial charge in [-0.1, -0.05) is 25.1 Å². The number of benzene rings is 1. The molecule has 0 spiro atoms. The van der Waals surface area contributed by atoms with Gasteiger partial charge in [0.2, 0.25) is 0 Å². The number of carbonyl (C=O) groups is 2. The minimum absolute atomic E-state index is 0.0880. The van der Waals surface area contributed by atoms with Gasteiger partial charge in [-0.15, -0.1) is 0 Å². The van der Waals surface area contributed by atoms with Crippen LogP contribution < -0.4 is 0 Å². The van der Waals surface area contributed by atoms with E-state index in [1.54, 1.807) is 19.1 Å². The first kappa shape index (κ1) is 17.2. The van der Waals surface area contributed by atoms with Crippen LogP contribution in [0.15, 0.2) is 30.3 Å². The number of hydrogen-bond acceptors (Lipinski definition) is 4. The van der Waals surface area contributed by atoms with Crippen LogP contribution in [0.3, 0.4) is 0 Å². The smallest absolute Gasteiger partial charge is 0.338 e. The van der Waals surface area contributed by atoms with Crippen molar-refractivity contribution in [1.29, 1.82) is 0 Å². The van der Waals surface area contributed by atoms with Crippen molar-refractivity contribution in [3.63, 3.8) is 0 Å². The quantitative estimate of drug-likeness (QED) is 0.768. The number of hydrogen-bond donors (Lipinski definition) is 0. The standard InChI is InChI=1S/C9H10O2.C6H12O2/c1-2-11-9(10)8-6-4-3-5-7-8;1-3-5-6(7)8-4-2/h3-7H,2H2,1H3;3-5H2,1-2H3. The molecule has 1 rings (SSSR count). The predicted octanol–water partition coefficient (Wildman–Crippen LogP) is 3.21. The summed E-state index contributed by atoms with van der Waals surface area (Å²) in [5.74, 6) is -0.344. The molecule has 0 bridgehead atoms. The summed E-state index contributed by atoms with van der Waals surface area (Å²) in [6, 6.07) is 8.96. The van der Waals surface area contributed by atoms with Gasteiger partial charge >= 0.3 is 11.9 Å². The van der Waals surface area contributed by atoms with E-state index in [2.05, 4.69) is 4.74 Å². The molecule has 0 radical (unpaired) electrons. The molecule has 0 aliphatic rings. The summed E-state index contributed by atoms with van der Waals surface area (Å²) in [5.41, 5.74) is 0.606. The Labute approximate surface area is 114 Å². The molecule has 0 fully saturated rings. The van der Waals surface area contributed by atoms with E-state index in [-0.39, 0.29) is 11.9 Å². The fourth-order valence-corrected chi connectivity index (χ4v) is 1.23. The second kappa shape index (κ2) is 11.3. The Bertz CT molecular complexity index is 352. The maximum Gasteiger partial charge on any atom is 0.338 e. The Balaban J connectivity index is 0.000000362. The second-order valence-electron chi connectivity index (χ2n) is 3.64. The molecule has 0 heterocycles. The average molecular weight is 266 g/mol. The van der Waals surface area contributed by atoms with Crippen molar-refractivity contribution >= 4 is 11.9 Å². The van der Waals surface area contributed by atoms with Crippen LogP contribution >= 0.6 is 0 Å². The molecule has 1 aromatic carbocycles. The van der Waals surface area contributed by atoms with E-state index in [9.17, 15) is 9.59 Å². The summed E-state index contributed by atoms with van der Waals surface area (Å²) in [7, 11) is 0. The predicted molar refractivity (Wildman–Crippen MR) is 73.9 cm³/mol. The molecule has 1 aromatic rings. The molecule has 0 amide bonds. The summed E-state index contributed by atoms with van der Waals surface area (Å²) >= 11 is 0. The van der Waals surface area contributed by atoms with E-state index < -0.39 is 0 Å². The molecule has 4 heteroatoms. The fraction of sp³-hybridized carbons (Fsp3) is 0.467. The second-order valence-corrected chi connectivity index (χ2v) is 3.64. The minimum atomic E-state index is -0.256. The molecule has 19 heavy (non-hydrogen) atoms. The normalized spacial score (nSPS) is 9.00. The van der Waals surface area contributed by atoms with Crippen LogP contribution in [0.2, 0.25) is 0 Å². The Morgan fingerprint density at radius 2 is 1.53 bits per heavy atom. The van der Waals surface area contributed by atoms with Crippen molar-refractivity contribution in [2.45, 2.75) is 33.6 Å².